The summed E-state index contributed by atoms with van der Waals surface area (Å²) in [7, 11) is 0. The zero-order valence-corrected chi connectivity index (χ0v) is 12.4. The summed E-state index contributed by atoms with van der Waals surface area (Å²) in [5.41, 5.74) is 0. The van der Waals surface area contributed by atoms with Gasteiger partial charge in [0.2, 0.25) is 0 Å². The first-order valence-electron chi connectivity index (χ1n) is 6.90. The normalized spacial score (nSPS) is 10.6. The molecule has 4 heteroatoms. The fourth-order valence-corrected chi connectivity index (χ4v) is 1.80. The van der Waals surface area contributed by atoms with Gasteiger partial charge in [-0.15, -0.1) is 0 Å². The molecule has 2 rings (SSSR count). The van der Waals surface area contributed by atoms with Crippen LogP contribution in [0.1, 0.15) is 6.92 Å². The largest absolute Gasteiger partial charge is 0.456 e. The molecular weight excluding hydrogens is 280 g/mol. The minimum Gasteiger partial charge on any atom is -0.456 e. The van der Waals surface area contributed by atoms with Crippen LogP contribution in [0.25, 0.3) is 0 Å². The number of rotatable bonds is 7. The second-order valence-corrected chi connectivity index (χ2v) is 4.66. The Kier molecular flexibility index (Phi) is 5.20. The molecule has 2 aromatic rings. The van der Waals surface area contributed by atoms with Crippen LogP contribution in [0.4, 0.5) is 0 Å². The minimum atomic E-state index is -1.59. The van der Waals surface area contributed by atoms with E-state index < -0.39 is 11.8 Å². The molecular formula is C18H18O4. The second kappa shape index (κ2) is 7.31. The fourth-order valence-electron chi connectivity index (χ4n) is 1.80. The average Bonchev–Trinajstić information content (AvgIpc) is 2.54. The van der Waals surface area contributed by atoms with Gasteiger partial charge in [-0.1, -0.05) is 49.1 Å². The molecule has 22 heavy (non-hydrogen) atoms. The Bertz CT molecular complexity index is 566. The zero-order valence-electron chi connectivity index (χ0n) is 12.4. The predicted octanol–water partition coefficient (Wildman–Crippen LogP) is 3.59. The quantitative estimate of drug-likeness (QED) is 0.445. The molecule has 0 aliphatic rings. The number of carbonyl (C=O) groups is 1. The third kappa shape index (κ3) is 4.12. The highest BCUT2D eigenvalue weighted by atomic mass is 16.7. The van der Waals surface area contributed by atoms with Crippen LogP contribution < -0.4 is 9.47 Å². The third-order valence-electron chi connectivity index (χ3n) is 2.81. The zero-order chi connectivity index (χ0) is 15.8. The summed E-state index contributed by atoms with van der Waals surface area (Å²) in [5.74, 6) is -1.20. The van der Waals surface area contributed by atoms with E-state index in [9.17, 15) is 4.79 Å². The van der Waals surface area contributed by atoms with E-state index in [0.717, 1.165) is 0 Å². The molecule has 0 fully saturated rings. The van der Waals surface area contributed by atoms with Crippen LogP contribution in [0.2, 0.25) is 0 Å². The first kappa shape index (κ1) is 15.6. The van der Waals surface area contributed by atoms with Crippen molar-refractivity contribution >= 4 is 5.97 Å². The molecule has 0 unspecified atom stereocenters. The highest BCUT2D eigenvalue weighted by molar-refractivity contribution is 5.78. The van der Waals surface area contributed by atoms with Crippen LogP contribution in [0.5, 0.6) is 11.5 Å². The van der Waals surface area contributed by atoms with Crippen molar-refractivity contribution in [3.8, 4) is 11.5 Å². The molecule has 0 saturated carbocycles. The Morgan fingerprint density at radius 3 is 1.86 bits per heavy atom. The standard InChI is InChI=1S/C18H18O4/c1-3-14-20-17(19)18(2,21-15-10-6-4-7-11-15)22-16-12-8-5-9-13-16/h3-13H,1,14H2,2H3. The SMILES string of the molecule is C=CCOC(=O)C(C)(Oc1ccccc1)Oc1ccccc1. The first-order valence-corrected chi connectivity index (χ1v) is 6.90. The topological polar surface area (TPSA) is 44.8 Å². The lowest BCUT2D eigenvalue weighted by Gasteiger charge is -2.28. The molecule has 0 aromatic heterocycles. The number of para-hydroxylation sites is 2. The van der Waals surface area contributed by atoms with Gasteiger partial charge < -0.3 is 14.2 Å². The van der Waals surface area contributed by atoms with Gasteiger partial charge in [-0.3, -0.25) is 0 Å². The van der Waals surface area contributed by atoms with Gasteiger partial charge in [0.1, 0.15) is 18.1 Å². The highest BCUT2D eigenvalue weighted by Crippen LogP contribution is 2.24. The second-order valence-electron chi connectivity index (χ2n) is 4.66. The van der Waals surface area contributed by atoms with Gasteiger partial charge in [0.15, 0.2) is 0 Å². The van der Waals surface area contributed by atoms with Gasteiger partial charge in [0, 0.05) is 6.92 Å². The first-order chi connectivity index (χ1) is 10.6. The van der Waals surface area contributed by atoms with Crippen LogP contribution in [0.3, 0.4) is 0 Å². The number of ether oxygens (including phenoxy) is 3. The van der Waals surface area contributed by atoms with Crippen molar-refractivity contribution in [1.82, 2.24) is 0 Å². The van der Waals surface area contributed by atoms with Crippen LogP contribution in [-0.4, -0.2) is 18.4 Å². The molecule has 0 N–H and O–H groups in total. The summed E-state index contributed by atoms with van der Waals surface area (Å²) in [4.78, 5) is 12.3. The minimum absolute atomic E-state index is 0.0880. The van der Waals surface area contributed by atoms with E-state index >= 15 is 0 Å². The Labute approximate surface area is 129 Å². The van der Waals surface area contributed by atoms with E-state index in [4.69, 9.17) is 14.2 Å². The van der Waals surface area contributed by atoms with Gasteiger partial charge in [0.25, 0.3) is 0 Å². The van der Waals surface area contributed by atoms with Gasteiger partial charge in [-0.05, 0) is 24.3 Å². The maximum atomic E-state index is 12.3. The summed E-state index contributed by atoms with van der Waals surface area (Å²) < 4.78 is 16.6. The molecule has 2 aromatic carbocycles. The molecule has 0 aliphatic carbocycles. The van der Waals surface area contributed by atoms with Crippen molar-refractivity contribution in [3.63, 3.8) is 0 Å². The lowest BCUT2D eigenvalue weighted by Crippen LogP contribution is -2.48. The molecule has 0 bridgehead atoms. The summed E-state index contributed by atoms with van der Waals surface area (Å²) in [6, 6.07) is 17.9. The Morgan fingerprint density at radius 1 is 1.00 bits per heavy atom. The summed E-state index contributed by atoms with van der Waals surface area (Å²) in [5, 5.41) is 0. The van der Waals surface area contributed by atoms with Crippen molar-refractivity contribution in [2.24, 2.45) is 0 Å². The molecule has 0 spiro atoms. The number of hydrogen-bond acceptors (Lipinski definition) is 4. The lowest BCUT2D eigenvalue weighted by molar-refractivity contribution is -0.186. The summed E-state index contributed by atoms with van der Waals surface area (Å²) in [6.07, 6.45) is 1.49. The smallest absolute Gasteiger partial charge is 0.392 e. The van der Waals surface area contributed by atoms with Crippen LogP contribution in [0, 0.1) is 0 Å². The number of esters is 1. The van der Waals surface area contributed by atoms with E-state index in [1.807, 2.05) is 36.4 Å². The molecule has 114 valence electrons. The fraction of sp³-hybridized carbons (Fsp3) is 0.167. The number of hydrogen-bond donors (Lipinski definition) is 0. The maximum absolute atomic E-state index is 12.3. The van der Waals surface area contributed by atoms with E-state index in [1.165, 1.54) is 13.0 Å². The van der Waals surface area contributed by atoms with E-state index in [1.54, 1.807) is 24.3 Å². The molecule has 0 atom stereocenters. The van der Waals surface area contributed by atoms with E-state index in [2.05, 4.69) is 6.58 Å². The van der Waals surface area contributed by atoms with Gasteiger partial charge >= 0.3 is 11.8 Å². The predicted molar refractivity (Wildman–Crippen MR) is 83.7 cm³/mol. The molecule has 0 heterocycles. The lowest BCUT2D eigenvalue weighted by atomic mass is 10.3. The van der Waals surface area contributed by atoms with Crippen molar-refractivity contribution in [2.45, 2.75) is 12.7 Å². The Hall–Kier alpha value is -2.75. The maximum Gasteiger partial charge on any atom is 0.392 e. The summed E-state index contributed by atoms with van der Waals surface area (Å²) in [6.45, 7) is 5.14. The number of carbonyl (C=O) groups excluding carboxylic acids is 1. The highest BCUT2D eigenvalue weighted by Gasteiger charge is 2.40. The summed E-state index contributed by atoms with van der Waals surface area (Å²) >= 11 is 0. The molecule has 0 radical (unpaired) electrons. The van der Waals surface area contributed by atoms with Crippen molar-refractivity contribution in [2.75, 3.05) is 6.61 Å². The molecule has 0 amide bonds. The van der Waals surface area contributed by atoms with E-state index in [0.29, 0.717) is 11.5 Å². The van der Waals surface area contributed by atoms with E-state index in [-0.39, 0.29) is 6.61 Å². The van der Waals surface area contributed by atoms with Crippen molar-refractivity contribution < 1.29 is 19.0 Å². The van der Waals surface area contributed by atoms with Crippen LogP contribution >= 0.6 is 0 Å². The van der Waals surface area contributed by atoms with Crippen LogP contribution in [-0.2, 0) is 9.53 Å². The third-order valence-corrected chi connectivity index (χ3v) is 2.81. The van der Waals surface area contributed by atoms with Crippen molar-refractivity contribution in [3.05, 3.63) is 73.3 Å². The number of benzene rings is 2. The van der Waals surface area contributed by atoms with Gasteiger partial charge in [-0.2, -0.15) is 0 Å². The Morgan fingerprint density at radius 2 is 1.45 bits per heavy atom. The van der Waals surface area contributed by atoms with Gasteiger partial charge in [0.05, 0.1) is 0 Å². The monoisotopic (exact) mass is 298 g/mol. The van der Waals surface area contributed by atoms with Crippen LogP contribution in [0.15, 0.2) is 73.3 Å². The van der Waals surface area contributed by atoms with Crippen molar-refractivity contribution in [1.29, 1.82) is 0 Å². The Balaban J connectivity index is 2.22. The molecule has 0 aliphatic heterocycles. The molecule has 0 saturated heterocycles. The average molecular weight is 298 g/mol. The van der Waals surface area contributed by atoms with Gasteiger partial charge in [-0.25, -0.2) is 4.79 Å². The molecule has 4 nitrogen and oxygen atoms in total.